The Morgan fingerprint density at radius 2 is 1.97 bits per heavy atom. The number of thioether (sulfide) groups is 1. The van der Waals surface area contributed by atoms with Gasteiger partial charge < -0.3 is 15.3 Å². The number of rotatable bonds is 5. The van der Waals surface area contributed by atoms with Crippen molar-refractivity contribution in [2.24, 2.45) is 0 Å². The lowest BCUT2D eigenvalue weighted by Crippen LogP contribution is -2.11. The van der Waals surface area contributed by atoms with Crippen LogP contribution in [0, 0.1) is 13.8 Å². The fourth-order valence-electron chi connectivity index (χ4n) is 3.00. The number of H-pyrrole nitrogens is 1. The van der Waals surface area contributed by atoms with Gasteiger partial charge >= 0.3 is 6.18 Å². The van der Waals surface area contributed by atoms with Crippen molar-refractivity contribution in [1.29, 1.82) is 0 Å². The van der Waals surface area contributed by atoms with E-state index in [0.717, 1.165) is 30.0 Å². The predicted molar refractivity (Wildman–Crippen MR) is 105 cm³/mol. The van der Waals surface area contributed by atoms with Crippen LogP contribution in [0.4, 0.5) is 19.0 Å². The quantitative estimate of drug-likeness (QED) is 0.371. The smallest absolute Gasteiger partial charge is 0.383 e. The van der Waals surface area contributed by atoms with Crippen LogP contribution in [0.5, 0.6) is 0 Å². The van der Waals surface area contributed by atoms with Gasteiger partial charge in [-0.3, -0.25) is 9.59 Å². The van der Waals surface area contributed by atoms with Crippen molar-refractivity contribution in [3.8, 4) is 5.69 Å². The molecule has 3 aromatic rings. The Bertz CT molecular complexity index is 1140. The molecule has 0 aliphatic rings. The summed E-state index contributed by atoms with van der Waals surface area (Å²) in [6, 6.07) is 7.70. The zero-order valence-electron chi connectivity index (χ0n) is 15.5. The number of anilines is 1. The minimum atomic E-state index is -4.46. The van der Waals surface area contributed by atoms with Gasteiger partial charge in [0, 0.05) is 28.7 Å². The van der Waals surface area contributed by atoms with Crippen molar-refractivity contribution in [3.63, 3.8) is 0 Å². The maximum Gasteiger partial charge on any atom is 0.416 e. The van der Waals surface area contributed by atoms with Gasteiger partial charge in [-0.1, -0.05) is 17.8 Å². The van der Waals surface area contributed by atoms with Crippen LogP contribution in [0.25, 0.3) is 5.69 Å². The molecule has 0 unspecified atom stereocenters. The number of aromatic nitrogens is 3. The summed E-state index contributed by atoms with van der Waals surface area (Å²) in [5.74, 6) is -0.211. The molecule has 0 atom stereocenters. The molecule has 0 saturated heterocycles. The number of carbonyl (C=O) groups excluding carboxylic acids is 1. The summed E-state index contributed by atoms with van der Waals surface area (Å²) < 4.78 is 40.7. The number of alkyl halides is 3. The van der Waals surface area contributed by atoms with Crippen LogP contribution >= 0.6 is 11.8 Å². The number of ketones is 1. The molecule has 152 valence electrons. The minimum absolute atomic E-state index is 0.0146. The number of halogens is 3. The van der Waals surface area contributed by atoms with E-state index in [0.29, 0.717) is 22.6 Å². The average Bonchev–Trinajstić information content (AvgIpc) is 2.93. The van der Waals surface area contributed by atoms with Crippen LogP contribution in [0.3, 0.4) is 0 Å². The van der Waals surface area contributed by atoms with Crippen molar-refractivity contribution >= 4 is 23.4 Å². The van der Waals surface area contributed by atoms with Gasteiger partial charge in [-0.05, 0) is 38.1 Å². The summed E-state index contributed by atoms with van der Waals surface area (Å²) in [6.07, 6.45) is -4.46. The average molecular weight is 422 g/mol. The molecule has 0 fully saturated rings. The van der Waals surface area contributed by atoms with E-state index in [4.69, 9.17) is 5.73 Å². The van der Waals surface area contributed by atoms with Crippen LogP contribution in [0.1, 0.15) is 27.3 Å². The van der Waals surface area contributed by atoms with Crippen LogP contribution in [-0.4, -0.2) is 26.1 Å². The number of nitrogens with two attached hydrogens (primary N) is 1. The minimum Gasteiger partial charge on any atom is -0.383 e. The molecule has 0 saturated carbocycles. The second-order valence-corrected chi connectivity index (χ2v) is 7.32. The first kappa shape index (κ1) is 20.7. The van der Waals surface area contributed by atoms with Crippen LogP contribution < -0.4 is 11.3 Å². The molecular weight excluding hydrogens is 405 g/mol. The van der Waals surface area contributed by atoms with Crippen molar-refractivity contribution in [1.82, 2.24) is 14.5 Å². The van der Waals surface area contributed by atoms with E-state index < -0.39 is 17.3 Å². The maximum absolute atomic E-state index is 13.0. The number of hydrogen-bond acceptors (Lipinski definition) is 5. The number of carbonyl (C=O) groups is 1. The normalized spacial score (nSPS) is 11.6. The number of nitrogen functional groups attached to an aromatic ring is 1. The number of aromatic amines is 1. The summed E-state index contributed by atoms with van der Waals surface area (Å²) in [7, 11) is 0. The number of nitrogens with one attached hydrogen (secondary N) is 1. The lowest BCUT2D eigenvalue weighted by molar-refractivity contribution is -0.137. The Morgan fingerprint density at radius 3 is 2.62 bits per heavy atom. The second-order valence-electron chi connectivity index (χ2n) is 6.36. The van der Waals surface area contributed by atoms with Crippen LogP contribution in [-0.2, 0) is 6.18 Å². The second kappa shape index (κ2) is 7.78. The Balaban J connectivity index is 1.87. The van der Waals surface area contributed by atoms with E-state index in [2.05, 4.69) is 9.97 Å². The summed E-state index contributed by atoms with van der Waals surface area (Å²) >= 11 is 1.02. The highest BCUT2D eigenvalue weighted by Gasteiger charge is 2.30. The Labute approximate surface area is 168 Å². The fraction of sp³-hybridized carbons (Fsp3) is 0.211. The Hall–Kier alpha value is -3.01. The van der Waals surface area contributed by atoms with E-state index >= 15 is 0 Å². The zero-order valence-corrected chi connectivity index (χ0v) is 16.3. The summed E-state index contributed by atoms with van der Waals surface area (Å²) in [6.45, 7) is 3.39. The third kappa shape index (κ3) is 4.53. The summed E-state index contributed by atoms with van der Waals surface area (Å²) in [5.41, 5.74) is 6.21. The van der Waals surface area contributed by atoms with Gasteiger partial charge in [-0.25, -0.2) is 4.98 Å². The molecule has 2 heterocycles. The molecule has 29 heavy (non-hydrogen) atoms. The summed E-state index contributed by atoms with van der Waals surface area (Å²) in [4.78, 5) is 30.5. The molecule has 0 amide bonds. The van der Waals surface area contributed by atoms with Crippen molar-refractivity contribution in [3.05, 3.63) is 69.3 Å². The number of Topliss-reactive ketones (excluding diaryl/α,β-unsaturated/α-hetero) is 1. The number of aryl methyl sites for hydroxylation is 1. The van der Waals surface area contributed by atoms with Crippen molar-refractivity contribution in [2.75, 3.05) is 11.5 Å². The number of nitrogens with zero attached hydrogens (tertiary/aromatic N) is 2. The molecule has 1 aromatic carbocycles. The van der Waals surface area contributed by atoms with E-state index in [9.17, 15) is 22.8 Å². The monoisotopic (exact) mass is 422 g/mol. The molecule has 2 aromatic heterocycles. The first-order chi connectivity index (χ1) is 13.6. The topological polar surface area (TPSA) is 93.8 Å². The standard InChI is InChI=1S/C19H17F3N4O2S/c1-10-6-14(15(27)9-29-18-24-16(23)8-17(28)25-18)11(2)26(10)13-5-3-4-12(7-13)19(20,21)22/h3-8H,9H2,1-2H3,(H3,23,24,25,28). The number of hydrogen-bond donors (Lipinski definition) is 2. The molecule has 0 radical (unpaired) electrons. The molecule has 0 bridgehead atoms. The Morgan fingerprint density at radius 1 is 1.24 bits per heavy atom. The number of benzene rings is 1. The van der Waals surface area contributed by atoms with Crippen molar-refractivity contribution in [2.45, 2.75) is 25.2 Å². The molecule has 0 aliphatic carbocycles. The third-order valence-corrected chi connectivity index (χ3v) is 5.12. The van der Waals surface area contributed by atoms with Crippen LogP contribution in [0.2, 0.25) is 0 Å². The van der Waals surface area contributed by atoms with Crippen LogP contribution in [0.15, 0.2) is 46.3 Å². The largest absolute Gasteiger partial charge is 0.416 e. The van der Waals surface area contributed by atoms with Gasteiger partial charge in [0.15, 0.2) is 10.9 Å². The third-order valence-electron chi connectivity index (χ3n) is 4.24. The predicted octanol–water partition coefficient (Wildman–Crippen LogP) is 3.75. The first-order valence-electron chi connectivity index (χ1n) is 8.45. The van der Waals surface area contributed by atoms with Gasteiger partial charge in [-0.2, -0.15) is 13.2 Å². The van der Waals surface area contributed by atoms with Crippen molar-refractivity contribution < 1.29 is 18.0 Å². The molecule has 3 N–H and O–H groups in total. The van der Waals surface area contributed by atoms with E-state index in [-0.39, 0.29) is 22.5 Å². The lowest BCUT2D eigenvalue weighted by atomic mass is 10.1. The van der Waals surface area contributed by atoms with Gasteiger partial charge in [0.25, 0.3) is 5.56 Å². The van der Waals surface area contributed by atoms with E-state index in [1.807, 2.05) is 0 Å². The van der Waals surface area contributed by atoms with Gasteiger partial charge in [-0.15, -0.1) is 0 Å². The molecule has 6 nitrogen and oxygen atoms in total. The highest BCUT2D eigenvalue weighted by atomic mass is 32.2. The van der Waals surface area contributed by atoms with Gasteiger partial charge in [0.2, 0.25) is 0 Å². The molecule has 0 aliphatic heterocycles. The molecule has 3 rings (SSSR count). The highest BCUT2D eigenvalue weighted by Crippen LogP contribution is 2.31. The molecule has 10 heteroatoms. The van der Waals surface area contributed by atoms with E-state index in [1.54, 1.807) is 30.5 Å². The molecule has 0 spiro atoms. The summed E-state index contributed by atoms with van der Waals surface area (Å²) in [5, 5.41) is 0.218. The molecular formula is C19H17F3N4O2S. The van der Waals surface area contributed by atoms with Gasteiger partial charge in [0.1, 0.15) is 5.82 Å². The highest BCUT2D eigenvalue weighted by molar-refractivity contribution is 7.99. The lowest BCUT2D eigenvalue weighted by Gasteiger charge is -2.13. The van der Waals surface area contributed by atoms with Gasteiger partial charge in [0.05, 0.1) is 11.3 Å². The maximum atomic E-state index is 13.0. The SMILES string of the molecule is Cc1cc(C(=O)CSc2nc(N)cc(=O)[nH]2)c(C)n1-c1cccc(C(F)(F)F)c1. The zero-order chi connectivity index (χ0) is 21.3. The first-order valence-corrected chi connectivity index (χ1v) is 9.44. The van der Waals surface area contributed by atoms with E-state index in [1.165, 1.54) is 6.07 Å². The fourth-order valence-corrected chi connectivity index (χ4v) is 3.76. The Kier molecular flexibility index (Phi) is 5.56.